The van der Waals surface area contributed by atoms with Gasteiger partial charge < -0.3 is 25.0 Å². The van der Waals surface area contributed by atoms with Gasteiger partial charge in [-0.25, -0.2) is 0 Å². The van der Waals surface area contributed by atoms with E-state index in [4.69, 9.17) is 9.73 Å². The van der Waals surface area contributed by atoms with Crippen LogP contribution in [0.5, 0.6) is 5.75 Å². The van der Waals surface area contributed by atoms with Crippen molar-refractivity contribution in [1.82, 2.24) is 15.1 Å². The van der Waals surface area contributed by atoms with Crippen LogP contribution in [0.25, 0.3) is 0 Å². The highest BCUT2D eigenvalue weighted by atomic mass is 127. The average molecular weight is 517 g/mol. The Labute approximate surface area is 192 Å². The summed E-state index contributed by atoms with van der Waals surface area (Å²) in [5, 5.41) is 13.5. The maximum Gasteiger partial charge on any atom is 0.194 e. The summed E-state index contributed by atoms with van der Waals surface area (Å²) in [6.07, 6.45) is 2.61. The van der Waals surface area contributed by atoms with Crippen LogP contribution in [-0.4, -0.2) is 93.0 Å². The van der Waals surface area contributed by atoms with E-state index in [-0.39, 0.29) is 24.0 Å². The SMILES string of the molecule is CCNC(=NCCN(CCOC)C1CC1)N1CCN(c2ccccc2O)CC1.I. The van der Waals surface area contributed by atoms with E-state index in [0.717, 1.165) is 76.7 Å². The van der Waals surface area contributed by atoms with Crippen LogP contribution in [0.3, 0.4) is 0 Å². The number of guanidine groups is 1. The zero-order chi connectivity index (χ0) is 19.8. The minimum Gasteiger partial charge on any atom is -0.506 e. The standard InChI is InChI=1S/C21H35N5O2.HI/c1-3-22-21(23-10-11-24(16-17-28-2)18-8-9-18)26-14-12-25(13-15-26)19-6-4-5-7-20(19)27;/h4-7,18,27H,3,8-17H2,1-2H3,(H,22,23);1H. The molecule has 0 radical (unpaired) electrons. The van der Waals surface area contributed by atoms with Gasteiger partial charge in [0.2, 0.25) is 0 Å². The summed E-state index contributed by atoms with van der Waals surface area (Å²) in [7, 11) is 1.77. The van der Waals surface area contributed by atoms with E-state index in [0.29, 0.717) is 5.75 Å². The Morgan fingerprint density at radius 3 is 2.55 bits per heavy atom. The lowest BCUT2D eigenvalue weighted by atomic mass is 10.2. The van der Waals surface area contributed by atoms with Gasteiger partial charge in [-0.1, -0.05) is 12.1 Å². The molecule has 3 rings (SSSR count). The Bertz CT molecular complexity index is 633. The monoisotopic (exact) mass is 517 g/mol. The van der Waals surface area contributed by atoms with Gasteiger partial charge in [0.25, 0.3) is 0 Å². The fraction of sp³-hybridized carbons (Fsp3) is 0.667. The molecule has 2 fully saturated rings. The van der Waals surface area contributed by atoms with Gasteiger partial charge >= 0.3 is 0 Å². The van der Waals surface area contributed by atoms with Crippen molar-refractivity contribution in [2.45, 2.75) is 25.8 Å². The minimum atomic E-state index is 0. The number of benzene rings is 1. The van der Waals surface area contributed by atoms with Crippen LogP contribution >= 0.6 is 24.0 Å². The number of ether oxygens (including phenoxy) is 1. The third kappa shape index (κ3) is 7.18. The van der Waals surface area contributed by atoms with E-state index in [9.17, 15) is 5.11 Å². The molecule has 2 aliphatic rings. The predicted molar refractivity (Wildman–Crippen MR) is 130 cm³/mol. The lowest BCUT2D eigenvalue weighted by molar-refractivity contribution is 0.145. The summed E-state index contributed by atoms with van der Waals surface area (Å²) in [4.78, 5) is 12.0. The number of aromatic hydroxyl groups is 1. The summed E-state index contributed by atoms with van der Waals surface area (Å²) in [6, 6.07) is 8.30. The van der Waals surface area contributed by atoms with E-state index >= 15 is 0 Å². The van der Waals surface area contributed by atoms with Crippen molar-refractivity contribution in [2.75, 3.05) is 71.0 Å². The number of halogens is 1. The van der Waals surface area contributed by atoms with Gasteiger partial charge in [0.1, 0.15) is 5.75 Å². The molecule has 8 heteroatoms. The molecule has 0 unspecified atom stereocenters. The number of methoxy groups -OCH3 is 1. The number of para-hydroxylation sites is 2. The van der Waals surface area contributed by atoms with Crippen LogP contribution in [0, 0.1) is 0 Å². The van der Waals surface area contributed by atoms with Crippen molar-refractivity contribution in [1.29, 1.82) is 0 Å². The summed E-state index contributed by atoms with van der Waals surface area (Å²) < 4.78 is 5.25. The van der Waals surface area contributed by atoms with Crippen molar-refractivity contribution >= 4 is 35.6 Å². The number of nitrogens with one attached hydrogen (secondary N) is 1. The Morgan fingerprint density at radius 1 is 1.21 bits per heavy atom. The fourth-order valence-corrected chi connectivity index (χ4v) is 3.73. The van der Waals surface area contributed by atoms with E-state index in [1.807, 2.05) is 18.2 Å². The summed E-state index contributed by atoms with van der Waals surface area (Å²) in [5.41, 5.74) is 0.919. The molecule has 2 N–H and O–H groups in total. The van der Waals surface area contributed by atoms with Gasteiger partial charge in [0, 0.05) is 59.0 Å². The third-order valence-corrected chi connectivity index (χ3v) is 5.43. The van der Waals surface area contributed by atoms with Gasteiger partial charge in [-0.2, -0.15) is 0 Å². The highest BCUT2D eigenvalue weighted by Crippen LogP contribution is 2.27. The lowest BCUT2D eigenvalue weighted by Gasteiger charge is -2.38. The Morgan fingerprint density at radius 2 is 1.93 bits per heavy atom. The lowest BCUT2D eigenvalue weighted by Crippen LogP contribution is -2.52. The van der Waals surface area contributed by atoms with Crippen LogP contribution in [-0.2, 0) is 4.74 Å². The summed E-state index contributed by atoms with van der Waals surface area (Å²) >= 11 is 0. The number of phenolic OH excluding ortho intramolecular Hbond substituents is 1. The van der Waals surface area contributed by atoms with Crippen molar-refractivity contribution in [2.24, 2.45) is 4.99 Å². The molecule has 1 heterocycles. The van der Waals surface area contributed by atoms with Crippen molar-refractivity contribution in [3.63, 3.8) is 0 Å². The third-order valence-electron chi connectivity index (χ3n) is 5.43. The molecule has 0 bridgehead atoms. The van der Waals surface area contributed by atoms with Crippen LogP contribution in [0.4, 0.5) is 5.69 Å². The van der Waals surface area contributed by atoms with Gasteiger partial charge in [0.05, 0.1) is 18.8 Å². The second-order valence-corrected chi connectivity index (χ2v) is 7.46. The molecule has 0 spiro atoms. The predicted octanol–water partition coefficient (Wildman–Crippen LogP) is 2.21. The molecule has 0 atom stereocenters. The van der Waals surface area contributed by atoms with Gasteiger partial charge in [-0.15, -0.1) is 24.0 Å². The largest absolute Gasteiger partial charge is 0.506 e. The number of phenols is 1. The molecule has 1 aromatic carbocycles. The number of hydrogen-bond donors (Lipinski definition) is 2. The average Bonchev–Trinajstić information content (AvgIpc) is 3.56. The fourth-order valence-electron chi connectivity index (χ4n) is 3.73. The molecule has 1 aliphatic heterocycles. The van der Waals surface area contributed by atoms with Crippen LogP contribution in [0.15, 0.2) is 29.3 Å². The molecular weight excluding hydrogens is 481 g/mol. The number of piperazine rings is 1. The van der Waals surface area contributed by atoms with E-state index in [1.54, 1.807) is 13.2 Å². The van der Waals surface area contributed by atoms with Gasteiger partial charge in [-0.3, -0.25) is 9.89 Å². The Kier molecular flexibility index (Phi) is 10.3. The molecule has 1 saturated heterocycles. The molecule has 29 heavy (non-hydrogen) atoms. The Balaban J connectivity index is 0.00000300. The second kappa shape index (κ2) is 12.4. The zero-order valence-electron chi connectivity index (χ0n) is 17.7. The molecule has 1 saturated carbocycles. The van der Waals surface area contributed by atoms with Gasteiger partial charge in [-0.05, 0) is 31.9 Å². The first kappa shape index (κ1) is 24.0. The minimum absolute atomic E-state index is 0. The maximum atomic E-state index is 10.1. The van der Waals surface area contributed by atoms with E-state index in [1.165, 1.54) is 12.8 Å². The molecule has 0 amide bonds. The first-order valence-electron chi connectivity index (χ1n) is 10.5. The van der Waals surface area contributed by atoms with Crippen LogP contribution in [0.1, 0.15) is 19.8 Å². The molecule has 164 valence electrons. The van der Waals surface area contributed by atoms with Crippen LogP contribution in [0.2, 0.25) is 0 Å². The van der Waals surface area contributed by atoms with Gasteiger partial charge in [0.15, 0.2) is 5.96 Å². The van der Waals surface area contributed by atoms with Crippen molar-refractivity contribution < 1.29 is 9.84 Å². The smallest absolute Gasteiger partial charge is 0.194 e. The second-order valence-electron chi connectivity index (χ2n) is 7.46. The molecule has 7 nitrogen and oxygen atoms in total. The summed E-state index contributed by atoms with van der Waals surface area (Å²) in [6.45, 7) is 10.1. The van der Waals surface area contributed by atoms with E-state index in [2.05, 4.69) is 26.9 Å². The number of aliphatic imine (C=N–C) groups is 1. The number of nitrogens with zero attached hydrogens (tertiary/aromatic N) is 4. The molecule has 1 aromatic rings. The first-order valence-corrected chi connectivity index (χ1v) is 10.5. The highest BCUT2D eigenvalue weighted by molar-refractivity contribution is 14.0. The first-order chi connectivity index (χ1) is 13.7. The maximum absolute atomic E-state index is 10.1. The molecule has 1 aliphatic carbocycles. The Hall–Kier alpha value is -1.26. The highest BCUT2D eigenvalue weighted by Gasteiger charge is 2.28. The summed E-state index contributed by atoms with van der Waals surface area (Å²) in [5.74, 6) is 1.36. The number of rotatable bonds is 9. The van der Waals surface area contributed by atoms with Crippen LogP contribution < -0.4 is 10.2 Å². The quantitative estimate of drug-likeness (QED) is 0.298. The number of anilines is 1. The van der Waals surface area contributed by atoms with Crippen molar-refractivity contribution in [3.05, 3.63) is 24.3 Å². The molecular formula is C21H36IN5O2. The molecule has 0 aromatic heterocycles. The zero-order valence-corrected chi connectivity index (χ0v) is 20.0. The van der Waals surface area contributed by atoms with E-state index < -0.39 is 0 Å². The van der Waals surface area contributed by atoms with Crippen molar-refractivity contribution in [3.8, 4) is 5.75 Å². The normalized spacial score (nSPS) is 17.4. The topological polar surface area (TPSA) is 63.6 Å². The number of hydrogen-bond acceptors (Lipinski definition) is 5.